The molecule has 1 saturated carbocycles. The molecule has 2 nitrogen and oxygen atoms in total. The van der Waals surface area contributed by atoms with Gasteiger partial charge >= 0.3 is 0 Å². The molecule has 2 heterocycles. The highest BCUT2D eigenvalue weighted by Crippen LogP contribution is 2.51. The van der Waals surface area contributed by atoms with E-state index in [1.807, 2.05) is 18.4 Å². The molecule has 3 heteroatoms. The summed E-state index contributed by atoms with van der Waals surface area (Å²) < 4.78 is 6.01. The van der Waals surface area contributed by atoms with Gasteiger partial charge in [0.15, 0.2) is 0 Å². The molecule has 1 N–H and O–H groups in total. The molecule has 0 bridgehead atoms. The highest BCUT2D eigenvalue weighted by Gasteiger charge is 2.45. The van der Waals surface area contributed by atoms with E-state index in [9.17, 15) is 0 Å². The summed E-state index contributed by atoms with van der Waals surface area (Å²) in [6.07, 6.45) is 4.30. The van der Waals surface area contributed by atoms with Crippen LogP contribution in [0.5, 0.6) is 0 Å². The molecule has 1 aromatic heterocycles. The van der Waals surface area contributed by atoms with Crippen LogP contribution >= 0.6 is 11.3 Å². The molecule has 0 unspecified atom stereocenters. The Morgan fingerprint density at radius 2 is 2.47 bits per heavy atom. The van der Waals surface area contributed by atoms with Gasteiger partial charge in [0.05, 0.1) is 6.61 Å². The standard InChI is InChI=1S/C12H17NOS/c1-13-7-10-11-9(3-6-15-11)12(8-14-10)4-2-5-12/h3,6,10,13H,2,4-5,7-8H2,1H3/t10-/m0/s1. The molecule has 1 spiro atoms. The van der Waals surface area contributed by atoms with Crippen LogP contribution in [0.4, 0.5) is 0 Å². The van der Waals surface area contributed by atoms with Crippen LogP contribution in [0.3, 0.4) is 0 Å². The monoisotopic (exact) mass is 223 g/mol. The number of nitrogens with one attached hydrogen (secondary N) is 1. The van der Waals surface area contributed by atoms with Gasteiger partial charge in [-0.25, -0.2) is 0 Å². The van der Waals surface area contributed by atoms with E-state index in [1.165, 1.54) is 24.1 Å². The molecule has 1 aliphatic carbocycles. The number of likely N-dealkylation sites (N-methyl/N-ethyl adjacent to an activating group) is 1. The van der Waals surface area contributed by atoms with Crippen molar-refractivity contribution in [2.45, 2.75) is 30.8 Å². The average Bonchev–Trinajstić information content (AvgIpc) is 2.65. The zero-order chi connectivity index (χ0) is 10.3. The maximum absolute atomic E-state index is 6.01. The lowest BCUT2D eigenvalue weighted by Crippen LogP contribution is -2.44. The maximum atomic E-state index is 6.01. The fraction of sp³-hybridized carbons (Fsp3) is 0.667. The van der Waals surface area contributed by atoms with Gasteiger partial charge in [0.25, 0.3) is 0 Å². The number of thiophene rings is 1. The van der Waals surface area contributed by atoms with Crippen LogP contribution in [-0.4, -0.2) is 20.2 Å². The topological polar surface area (TPSA) is 21.3 Å². The Hall–Kier alpha value is -0.380. The van der Waals surface area contributed by atoms with Crippen molar-refractivity contribution in [1.29, 1.82) is 0 Å². The minimum atomic E-state index is 0.288. The minimum absolute atomic E-state index is 0.288. The van der Waals surface area contributed by atoms with Crippen molar-refractivity contribution < 1.29 is 4.74 Å². The van der Waals surface area contributed by atoms with Crippen molar-refractivity contribution in [2.75, 3.05) is 20.2 Å². The molecule has 2 aliphatic rings. The van der Waals surface area contributed by atoms with Crippen LogP contribution in [0.15, 0.2) is 11.4 Å². The van der Waals surface area contributed by atoms with Crippen LogP contribution < -0.4 is 5.32 Å². The SMILES string of the molecule is CNC[C@@H]1OCC2(CCC2)c2ccsc21. The lowest BCUT2D eigenvalue weighted by molar-refractivity contribution is -0.0238. The summed E-state index contributed by atoms with van der Waals surface area (Å²) in [5, 5.41) is 5.44. The van der Waals surface area contributed by atoms with Crippen molar-refractivity contribution in [3.8, 4) is 0 Å². The second-order valence-electron chi connectivity index (χ2n) is 4.69. The molecular weight excluding hydrogens is 206 g/mol. The van der Waals surface area contributed by atoms with E-state index in [4.69, 9.17) is 4.74 Å². The first kappa shape index (κ1) is 9.82. The minimum Gasteiger partial charge on any atom is -0.370 e. The summed E-state index contributed by atoms with van der Waals surface area (Å²) in [5.74, 6) is 0. The molecule has 1 atom stereocenters. The van der Waals surface area contributed by atoms with Gasteiger partial charge in [-0.15, -0.1) is 11.3 Å². The molecular formula is C12H17NOS. The lowest BCUT2D eigenvalue weighted by atomic mass is 9.64. The van der Waals surface area contributed by atoms with Crippen LogP contribution in [0.2, 0.25) is 0 Å². The van der Waals surface area contributed by atoms with Gasteiger partial charge in [0.1, 0.15) is 6.10 Å². The molecule has 1 aliphatic heterocycles. The molecule has 82 valence electrons. The number of hydrogen-bond donors (Lipinski definition) is 1. The molecule has 1 aromatic rings. The smallest absolute Gasteiger partial charge is 0.104 e. The van der Waals surface area contributed by atoms with Gasteiger partial charge < -0.3 is 10.1 Å². The van der Waals surface area contributed by atoms with Crippen LogP contribution in [-0.2, 0) is 10.2 Å². The van der Waals surface area contributed by atoms with E-state index in [1.54, 1.807) is 5.56 Å². The quantitative estimate of drug-likeness (QED) is 0.831. The Morgan fingerprint density at radius 3 is 3.13 bits per heavy atom. The van der Waals surface area contributed by atoms with E-state index in [0.717, 1.165) is 13.2 Å². The summed E-state index contributed by atoms with van der Waals surface area (Å²) in [7, 11) is 1.99. The van der Waals surface area contributed by atoms with Crippen molar-refractivity contribution >= 4 is 11.3 Å². The number of hydrogen-bond acceptors (Lipinski definition) is 3. The first-order chi connectivity index (χ1) is 7.36. The number of rotatable bonds is 2. The van der Waals surface area contributed by atoms with Gasteiger partial charge in [0.2, 0.25) is 0 Å². The highest BCUT2D eigenvalue weighted by atomic mass is 32.1. The largest absolute Gasteiger partial charge is 0.370 e. The predicted molar refractivity (Wildman–Crippen MR) is 62.5 cm³/mol. The normalized spacial score (nSPS) is 27.4. The van der Waals surface area contributed by atoms with Gasteiger partial charge in [-0.2, -0.15) is 0 Å². The number of fused-ring (bicyclic) bond motifs is 2. The third-order valence-electron chi connectivity index (χ3n) is 3.82. The predicted octanol–water partition coefficient (Wildman–Crippen LogP) is 2.46. The highest BCUT2D eigenvalue weighted by molar-refractivity contribution is 7.10. The Bertz CT molecular complexity index is 356. The zero-order valence-electron chi connectivity index (χ0n) is 9.08. The van der Waals surface area contributed by atoms with E-state index >= 15 is 0 Å². The molecule has 0 saturated heterocycles. The average molecular weight is 223 g/mol. The Balaban J connectivity index is 1.94. The zero-order valence-corrected chi connectivity index (χ0v) is 9.90. The first-order valence-corrected chi connectivity index (χ1v) is 6.58. The van der Waals surface area contributed by atoms with Crippen molar-refractivity contribution in [2.24, 2.45) is 0 Å². The van der Waals surface area contributed by atoms with Gasteiger partial charge in [0, 0.05) is 16.8 Å². The third kappa shape index (κ3) is 1.37. The Labute approximate surface area is 94.6 Å². The third-order valence-corrected chi connectivity index (χ3v) is 4.83. The van der Waals surface area contributed by atoms with E-state index in [-0.39, 0.29) is 6.10 Å². The Morgan fingerprint density at radius 1 is 1.60 bits per heavy atom. The summed E-state index contributed by atoms with van der Waals surface area (Å²) in [6.45, 7) is 1.87. The van der Waals surface area contributed by atoms with Gasteiger partial charge in [-0.1, -0.05) is 6.42 Å². The number of ether oxygens (including phenoxy) is 1. The molecule has 0 radical (unpaired) electrons. The first-order valence-electron chi connectivity index (χ1n) is 5.70. The van der Waals surface area contributed by atoms with Gasteiger partial charge in [-0.05, 0) is 36.9 Å². The van der Waals surface area contributed by atoms with E-state index in [0.29, 0.717) is 5.41 Å². The summed E-state index contributed by atoms with van der Waals surface area (Å²) in [5.41, 5.74) is 1.99. The molecule has 0 amide bonds. The van der Waals surface area contributed by atoms with Crippen molar-refractivity contribution in [1.82, 2.24) is 5.32 Å². The van der Waals surface area contributed by atoms with Crippen molar-refractivity contribution in [3.05, 3.63) is 21.9 Å². The molecule has 1 fully saturated rings. The second-order valence-corrected chi connectivity index (χ2v) is 5.64. The lowest BCUT2D eigenvalue weighted by Gasteiger charge is -2.46. The van der Waals surface area contributed by atoms with Crippen molar-refractivity contribution in [3.63, 3.8) is 0 Å². The molecule has 3 rings (SSSR count). The summed E-state index contributed by atoms with van der Waals surface area (Å²) in [4.78, 5) is 1.47. The molecule has 15 heavy (non-hydrogen) atoms. The second kappa shape index (κ2) is 3.58. The van der Waals surface area contributed by atoms with Crippen LogP contribution in [0, 0.1) is 0 Å². The van der Waals surface area contributed by atoms with Crippen LogP contribution in [0.1, 0.15) is 35.8 Å². The molecule has 0 aromatic carbocycles. The van der Waals surface area contributed by atoms with Crippen LogP contribution in [0.25, 0.3) is 0 Å². The summed E-state index contributed by atoms with van der Waals surface area (Å²) in [6, 6.07) is 2.32. The fourth-order valence-corrected chi connectivity index (χ4v) is 3.84. The van der Waals surface area contributed by atoms with E-state index < -0.39 is 0 Å². The van der Waals surface area contributed by atoms with E-state index in [2.05, 4.69) is 16.8 Å². The maximum Gasteiger partial charge on any atom is 0.104 e. The van der Waals surface area contributed by atoms with Gasteiger partial charge in [-0.3, -0.25) is 0 Å². The summed E-state index contributed by atoms with van der Waals surface area (Å²) >= 11 is 1.86. The fourth-order valence-electron chi connectivity index (χ4n) is 2.78. The Kier molecular flexibility index (Phi) is 2.34.